The van der Waals surface area contributed by atoms with Gasteiger partial charge in [0.2, 0.25) is 0 Å². The van der Waals surface area contributed by atoms with E-state index >= 15 is 0 Å². The average Bonchev–Trinajstić information content (AvgIpc) is 2.89. The van der Waals surface area contributed by atoms with E-state index < -0.39 is 25.8 Å². The number of carbonyl (C=O) groups excluding carboxylic acids is 1. The fourth-order valence-electron chi connectivity index (χ4n) is 4.71. The second-order valence-corrected chi connectivity index (χ2v) is 13.0. The van der Waals surface area contributed by atoms with Gasteiger partial charge in [-0.15, -0.1) is 0 Å². The molecule has 1 N–H and O–H groups in total. The first-order chi connectivity index (χ1) is 18.7. The number of anilines is 2. The van der Waals surface area contributed by atoms with Gasteiger partial charge < -0.3 is 24.6 Å². The number of amides is 1. The molecule has 0 spiro atoms. The summed E-state index contributed by atoms with van der Waals surface area (Å²) in [6.45, 7) is 7.89. The zero-order chi connectivity index (χ0) is 29.1. The van der Waals surface area contributed by atoms with Gasteiger partial charge in [0.25, 0.3) is 9.84 Å². The Morgan fingerprint density at radius 2 is 1.60 bits per heavy atom. The zero-order valence-corrected chi connectivity index (χ0v) is 23.6. The highest BCUT2D eigenvalue weighted by molar-refractivity contribution is 7.92. The number of hydrogen-bond acceptors (Lipinski definition) is 8. The van der Waals surface area contributed by atoms with Gasteiger partial charge in [0, 0.05) is 50.2 Å². The molecule has 0 atom stereocenters. The fraction of sp³-hybridized carbons (Fsp3) is 0.556. The van der Waals surface area contributed by atoms with E-state index in [1.807, 2.05) is 32.9 Å². The molecule has 1 aromatic heterocycles. The maximum atomic E-state index is 12.7. The van der Waals surface area contributed by atoms with E-state index in [0.717, 1.165) is 49.4 Å². The van der Waals surface area contributed by atoms with E-state index in [9.17, 15) is 26.4 Å². The van der Waals surface area contributed by atoms with Crippen LogP contribution in [0.2, 0.25) is 0 Å². The summed E-state index contributed by atoms with van der Waals surface area (Å²) in [5, 5.41) is 3.27. The molecule has 0 bridgehead atoms. The van der Waals surface area contributed by atoms with Gasteiger partial charge in [-0.2, -0.15) is 13.2 Å². The highest BCUT2D eigenvalue weighted by Crippen LogP contribution is 2.32. The number of benzene rings is 1. The second-order valence-electron chi connectivity index (χ2n) is 11.0. The molecule has 2 aliphatic rings. The second kappa shape index (κ2) is 11.7. The van der Waals surface area contributed by atoms with Crippen LogP contribution in [0.1, 0.15) is 46.5 Å². The molecule has 4 rings (SSSR count). The quantitative estimate of drug-likeness (QED) is 0.493. The van der Waals surface area contributed by atoms with Gasteiger partial charge in [-0.25, -0.2) is 18.2 Å². The van der Waals surface area contributed by atoms with Crippen molar-refractivity contribution < 1.29 is 35.9 Å². The fourth-order valence-corrected chi connectivity index (χ4v) is 5.47. The number of alkyl halides is 3. The number of nitrogens with zero attached hydrogens (tertiary/aromatic N) is 3. The Bertz CT molecular complexity index is 1270. The Kier molecular flexibility index (Phi) is 8.72. The van der Waals surface area contributed by atoms with Crippen LogP contribution in [-0.4, -0.2) is 73.8 Å². The Morgan fingerprint density at radius 3 is 2.17 bits per heavy atom. The summed E-state index contributed by atoms with van der Waals surface area (Å²) >= 11 is 0. The van der Waals surface area contributed by atoms with Crippen LogP contribution in [0.3, 0.4) is 0 Å². The lowest BCUT2D eigenvalue weighted by Crippen LogP contribution is -2.50. The van der Waals surface area contributed by atoms with Crippen LogP contribution in [0.5, 0.6) is 5.75 Å². The van der Waals surface area contributed by atoms with Crippen LogP contribution in [0.15, 0.2) is 47.5 Å². The Hall–Kier alpha value is -3.22. The van der Waals surface area contributed by atoms with Crippen molar-refractivity contribution in [2.75, 3.05) is 36.4 Å². The molecule has 9 nitrogen and oxygen atoms in total. The zero-order valence-electron chi connectivity index (χ0n) is 22.8. The minimum atomic E-state index is -5.36. The van der Waals surface area contributed by atoms with E-state index in [2.05, 4.69) is 15.2 Å². The van der Waals surface area contributed by atoms with Gasteiger partial charge in [0.05, 0.1) is 11.0 Å². The summed E-state index contributed by atoms with van der Waals surface area (Å²) in [6, 6.07) is 8.47. The number of pyridine rings is 1. The number of sulfone groups is 1. The number of piperazine rings is 1. The van der Waals surface area contributed by atoms with Crippen molar-refractivity contribution in [2.24, 2.45) is 0 Å². The lowest BCUT2D eigenvalue weighted by molar-refractivity contribution is -0.0436. The topological polar surface area (TPSA) is 101 Å². The van der Waals surface area contributed by atoms with Gasteiger partial charge in [-0.3, -0.25) is 0 Å². The van der Waals surface area contributed by atoms with Crippen LogP contribution >= 0.6 is 0 Å². The number of hydrogen-bond donors (Lipinski definition) is 1. The molecule has 2 aromatic rings. The van der Waals surface area contributed by atoms with E-state index in [0.29, 0.717) is 31.9 Å². The number of nitrogens with one attached hydrogen (secondary N) is 1. The van der Waals surface area contributed by atoms with Crippen molar-refractivity contribution in [1.82, 2.24) is 9.88 Å². The number of aromatic nitrogens is 1. The molecule has 1 amide bonds. The predicted octanol–water partition coefficient (Wildman–Crippen LogP) is 5.23. The van der Waals surface area contributed by atoms with Crippen molar-refractivity contribution >= 4 is 27.4 Å². The molecule has 220 valence electrons. The number of rotatable bonds is 6. The van der Waals surface area contributed by atoms with E-state index in [-0.39, 0.29) is 18.2 Å². The summed E-state index contributed by atoms with van der Waals surface area (Å²) in [6.07, 6.45) is 4.55. The van der Waals surface area contributed by atoms with Gasteiger partial charge >= 0.3 is 11.6 Å². The molecule has 1 aliphatic heterocycles. The smallest absolute Gasteiger partial charge is 0.490 e. The Labute approximate surface area is 232 Å². The molecule has 1 aromatic carbocycles. The molecule has 1 saturated heterocycles. The first-order valence-electron chi connectivity index (χ1n) is 13.2. The molecule has 1 saturated carbocycles. The lowest BCUT2D eigenvalue weighted by Gasteiger charge is -2.36. The van der Waals surface area contributed by atoms with Crippen LogP contribution < -0.4 is 15.0 Å². The van der Waals surface area contributed by atoms with Gasteiger partial charge in [-0.05, 0) is 76.8 Å². The Balaban J connectivity index is 1.24. The van der Waals surface area contributed by atoms with Crippen molar-refractivity contribution in [3.05, 3.63) is 42.6 Å². The molecule has 1 aliphatic carbocycles. The van der Waals surface area contributed by atoms with Crippen molar-refractivity contribution in [3.8, 4) is 5.75 Å². The molecule has 0 radical (unpaired) electrons. The van der Waals surface area contributed by atoms with Gasteiger partial charge in [0.15, 0.2) is 0 Å². The summed E-state index contributed by atoms with van der Waals surface area (Å²) in [5.41, 5.74) is -5.30. The molecular weight excluding hydrogens is 549 g/mol. The van der Waals surface area contributed by atoms with Crippen LogP contribution in [-0.2, 0) is 14.6 Å². The highest BCUT2D eigenvalue weighted by atomic mass is 32.2. The summed E-state index contributed by atoms with van der Waals surface area (Å²) in [7, 11) is -5.36. The van der Waals surface area contributed by atoms with Crippen molar-refractivity contribution in [3.63, 3.8) is 0 Å². The van der Waals surface area contributed by atoms with Crippen LogP contribution in [0, 0.1) is 0 Å². The summed E-state index contributed by atoms with van der Waals surface area (Å²) < 4.78 is 73.0. The Morgan fingerprint density at radius 1 is 0.975 bits per heavy atom. The predicted molar refractivity (Wildman–Crippen MR) is 144 cm³/mol. The molecule has 40 heavy (non-hydrogen) atoms. The molecule has 2 fully saturated rings. The molecule has 0 unspecified atom stereocenters. The van der Waals surface area contributed by atoms with E-state index in [4.69, 9.17) is 9.47 Å². The highest BCUT2D eigenvalue weighted by Gasteiger charge is 2.46. The third-order valence-electron chi connectivity index (χ3n) is 6.79. The summed E-state index contributed by atoms with van der Waals surface area (Å²) in [4.78, 5) is 19.8. The first-order valence-corrected chi connectivity index (χ1v) is 14.7. The van der Waals surface area contributed by atoms with Crippen molar-refractivity contribution in [2.45, 2.75) is 74.6 Å². The van der Waals surface area contributed by atoms with Gasteiger partial charge in [0.1, 0.15) is 17.2 Å². The SMILES string of the molecule is CC(C)(C)OC(=O)N1CCN(c2cc(OC3CCC(Nc4ccc(S(=O)(=O)C(F)(F)F)cc4)CC3)ccn2)CC1. The summed E-state index contributed by atoms with van der Waals surface area (Å²) in [5.74, 6) is 1.50. The maximum absolute atomic E-state index is 12.7. The van der Waals surface area contributed by atoms with E-state index in [1.54, 1.807) is 11.1 Å². The number of carbonyl (C=O) groups is 1. The van der Waals surface area contributed by atoms with Crippen LogP contribution in [0.4, 0.5) is 29.5 Å². The minimum Gasteiger partial charge on any atom is -0.490 e. The molecule has 13 heteroatoms. The monoisotopic (exact) mass is 584 g/mol. The third kappa shape index (κ3) is 7.49. The number of ether oxygens (including phenoxy) is 2. The van der Waals surface area contributed by atoms with Crippen LogP contribution in [0.25, 0.3) is 0 Å². The standard InChI is InChI=1S/C27H35F3N4O5S/c1-26(2,3)39-25(35)34-16-14-33(15-17-34)24-18-22(12-13-31-24)38-21-8-4-19(5-9-21)32-20-6-10-23(11-7-20)40(36,37)27(28,29)30/h6-7,10-13,18-19,21,32H,4-5,8-9,14-17H2,1-3H3. The first kappa shape index (κ1) is 29.8. The minimum absolute atomic E-state index is 0.0108. The molecular formula is C27H35F3N4O5S. The average molecular weight is 585 g/mol. The van der Waals surface area contributed by atoms with Gasteiger partial charge in [-0.1, -0.05) is 0 Å². The molecule has 2 heterocycles. The lowest BCUT2D eigenvalue weighted by atomic mass is 9.92. The maximum Gasteiger partial charge on any atom is 0.501 e. The largest absolute Gasteiger partial charge is 0.501 e. The van der Waals surface area contributed by atoms with E-state index in [1.165, 1.54) is 12.1 Å². The third-order valence-corrected chi connectivity index (χ3v) is 8.29. The number of halogens is 3. The van der Waals surface area contributed by atoms with Crippen molar-refractivity contribution in [1.29, 1.82) is 0 Å². The normalized spacial score (nSPS) is 20.6.